The first-order valence-corrected chi connectivity index (χ1v) is 10.2. The van der Waals surface area contributed by atoms with E-state index in [4.69, 9.17) is 38.4 Å². The lowest BCUT2D eigenvalue weighted by Gasteiger charge is -2.31. The van der Waals surface area contributed by atoms with Crippen LogP contribution in [0.25, 0.3) is 0 Å². The Labute approximate surface area is 184 Å². The van der Waals surface area contributed by atoms with Crippen LogP contribution in [0.5, 0.6) is 5.75 Å². The summed E-state index contributed by atoms with van der Waals surface area (Å²) in [6.45, 7) is 0.331. The van der Waals surface area contributed by atoms with Gasteiger partial charge in [-0.05, 0) is 41.8 Å². The van der Waals surface area contributed by atoms with Crippen LogP contribution in [0.2, 0.25) is 10.0 Å². The monoisotopic (exact) mass is 440 g/mol. The summed E-state index contributed by atoms with van der Waals surface area (Å²) in [5.41, 5.74) is 8.35. The SMILES string of the molecule is N#CC1=C(N)OC2=C(C(=O)CCC2)[C@@H]1c1ccc(OCc2ccc(Cl)cc2)c(Cl)c1. The van der Waals surface area contributed by atoms with Gasteiger partial charge in [0.25, 0.3) is 0 Å². The second-order valence-corrected chi connectivity index (χ2v) is 7.99. The fourth-order valence-corrected chi connectivity index (χ4v) is 4.11. The standard InChI is InChI=1S/C23H18Cl2N2O3/c24-15-7-4-13(5-8-15)12-29-19-9-6-14(10-17(19)25)21-16(11-26)23(27)30-20-3-1-2-18(28)22(20)21/h4-10,21H,1-3,12,27H2/t21-/m1/s1. The molecule has 0 radical (unpaired) electrons. The lowest BCUT2D eigenvalue weighted by atomic mass is 9.77. The van der Waals surface area contributed by atoms with E-state index in [2.05, 4.69) is 6.07 Å². The maximum atomic E-state index is 12.6. The second kappa shape index (κ2) is 8.43. The molecule has 1 aliphatic carbocycles. The van der Waals surface area contributed by atoms with Crippen LogP contribution in [0, 0.1) is 11.3 Å². The molecule has 2 aromatic rings. The van der Waals surface area contributed by atoms with Crippen molar-refractivity contribution in [1.29, 1.82) is 5.26 Å². The third kappa shape index (κ3) is 3.89. The molecule has 0 saturated carbocycles. The van der Waals surface area contributed by atoms with Gasteiger partial charge in [0.05, 0.1) is 10.9 Å². The van der Waals surface area contributed by atoms with E-state index < -0.39 is 5.92 Å². The van der Waals surface area contributed by atoms with Crippen LogP contribution in [-0.4, -0.2) is 5.78 Å². The lowest BCUT2D eigenvalue weighted by molar-refractivity contribution is -0.116. The molecule has 4 rings (SSSR count). The van der Waals surface area contributed by atoms with Crippen molar-refractivity contribution in [1.82, 2.24) is 0 Å². The van der Waals surface area contributed by atoms with Crippen molar-refractivity contribution in [3.63, 3.8) is 0 Å². The van der Waals surface area contributed by atoms with Gasteiger partial charge >= 0.3 is 0 Å². The molecule has 2 aromatic carbocycles. The van der Waals surface area contributed by atoms with Crippen molar-refractivity contribution in [2.24, 2.45) is 5.73 Å². The Hall–Kier alpha value is -2.94. The zero-order valence-electron chi connectivity index (χ0n) is 16.0. The smallest absolute Gasteiger partial charge is 0.205 e. The van der Waals surface area contributed by atoms with Gasteiger partial charge in [-0.3, -0.25) is 4.79 Å². The van der Waals surface area contributed by atoms with Gasteiger partial charge in [-0.15, -0.1) is 0 Å². The average molecular weight is 441 g/mol. The number of Topliss-reactive ketones (excluding diaryl/α,β-unsaturated/α-hetero) is 1. The topological polar surface area (TPSA) is 85.3 Å². The molecule has 0 amide bonds. The molecule has 0 spiro atoms. The van der Waals surface area contributed by atoms with E-state index in [0.29, 0.717) is 58.6 Å². The first-order valence-electron chi connectivity index (χ1n) is 9.48. The van der Waals surface area contributed by atoms with E-state index in [0.717, 1.165) is 5.56 Å². The number of allylic oxidation sites excluding steroid dienone is 3. The van der Waals surface area contributed by atoms with Crippen LogP contribution < -0.4 is 10.5 Å². The van der Waals surface area contributed by atoms with Crippen LogP contribution in [0.3, 0.4) is 0 Å². The molecule has 0 unspecified atom stereocenters. The van der Waals surface area contributed by atoms with Crippen LogP contribution in [0.4, 0.5) is 0 Å². The largest absolute Gasteiger partial charge is 0.487 e. The summed E-state index contributed by atoms with van der Waals surface area (Å²) in [5, 5.41) is 10.7. The van der Waals surface area contributed by atoms with Gasteiger partial charge in [0.1, 0.15) is 29.8 Å². The molecular weight excluding hydrogens is 423 g/mol. The highest BCUT2D eigenvalue weighted by Crippen LogP contribution is 2.44. The number of carbonyl (C=O) groups excluding carboxylic acids is 1. The number of nitriles is 1. The summed E-state index contributed by atoms with van der Waals surface area (Å²) < 4.78 is 11.4. The number of benzene rings is 2. The third-order valence-corrected chi connectivity index (χ3v) is 5.75. The molecule has 7 heteroatoms. The number of hydrogen-bond donors (Lipinski definition) is 1. The summed E-state index contributed by atoms with van der Waals surface area (Å²) in [7, 11) is 0. The predicted molar refractivity (Wildman–Crippen MR) is 114 cm³/mol. The molecule has 1 aliphatic heterocycles. The fourth-order valence-electron chi connectivity index (χ4n) is 3.75. The van der Waals surface area contributed by atoms with Crippen LogP contribution in [0.15, 0.2) is 65.3 Å². The summed E-state index contributed by atoms with van der Waals surface area (Å²) in [6.07, 6.45) is 1.75. The van der Waals surface area contributed by atoms with Crippen LogP contribution >= 0.6 is 23.2 Å². The normalized spacial score (nSPS) is 18.6. The molecule has 2 aliphatic rings. The second-order valence-electron chi connectivity index (χ2n) is 7.14. The number of ether oxygens (including phenoxy) is 2. The first-order chi connectivity index (χ1) is 14.5. The fraction of sp³-hybridized carbons (Fsp3) is 0.217. The van der Waals surface area contributed by atoms with Crippen molar-refractivity contribution in [2.75, 3.05) is 0 Å². The number of halogens is 2. The van der Waals surface area contributed by atoms with Gasteiger partial charge in [0, 0.05) is 23.4 Å². The molecule has 2 N–H and O–H groups in total. The Bertz CT molecular complexity index is 1110. The van der Waals surface area contributed by atoms with Gasteiger partial charge in [-0.1, -0.05) is 41.4 Å². The Morgan fingerprint density at radius 2 is 1.93 bits per heavy atom. The van der Waals surface area contributed by atoms with Crippen molar-refractivity contribution in [3.8, 4) is 11.8 Å². The number of nitrogens with zero attached hydrogens (tertiary/aromatic N) is 1. The van der Waals surface area contributed by atoms with Gasteiger partial charge in [0.15, 0.2) is 5.78 Å². The summed E-state index contributed by atoms with van der Waals surface area (Å²) in [5.74, 6) is 0.471. The maximum Gasteiger partial charge on any atom is 0.205 e. The first kappa shape index (κ1) is 20.3. The maximum absolute atomic E-state index is 12.6. The molecule has 0 aromatic heterocycles. The Kier molecular flexibility index (Phi) is 5.72. The van der Waals surface area contributed by atoms with E-state index in [1.54, 1.807) is 30.3 Å². The predicted octanol–water partition coefficient (Wildman–Crippen LogP) is 5.39. The van der Waals surface area contributed by atoms with Crippen molar-refractivity contribution in [3.05, 3.63) is 86.4 Å². The molecule has 0 fully saturated rings. The number of hydrogen-bond acceptors (Lipinski definition) is 5. The van der Waals surface area contributed by atoms with E-state index in [1.165, 1.54) is 0 Å². The molecule has 1 atom stereocenters. The zero-order valence-corrected chi connectivity index (χ0v) is 17.5. The quantitative estimate of drug-likeness (QED) is 0.688. The molecular formula is C23H18Cl2N2O3. The van der Waals surface area contributed by atoms with E-state index in [1.807, 2.05) is 12.1 Å². The van der Waals surface area contributed by atoms with Crippen molar-refractivity contribution >= 4 is 29.0 Å². The van der Waals surface area contributed by atoms with Crippen LogP contribution in [-0.2, 0) is 16.1 Å². The Morgan fingerprint density at radius 1 is 1.17 bits per heavy atom. The summed E-state index contributed by atoms with van der Waals surface area (Å²) >= 11 is 12.4. The Balaban J connectivity index is 1.64. The minimum Gasteiger partial charge on any atom is -0.487 e. The zero-order chi connectivity index (χ0) is 21.3. The highest BCUT2D eigenvalue weighted by atomic mass is 35.5. The number of rotatable bonds is 4. The van der Waals surface area contributed by atoms with Gasteiger partial charge in [-0.25, -0.2) is 0 Å². The molecule has 1 heterocycles. The molecule has 30 heavy (non-hydrogen) atoms. The number of nitrogens with two attached hydrogens (primary N) is 1. The van der Waals surface area contributed by atoms with E-state index >= 15 is 0 Å². The van der Waals surface area contributed by atoms with Gasteiger partial charge < -0.3 is 15.2 Å². The lowest BCUT2D eigenvalue weighted by Crippen LogP contribution is -2.27. The summed E-state index contributed by atoms with van der Waals surface area (Å²) in [6, 6.07) is 14.7. The number of carbonyl (C=O) groups is 1. The molecule has 152 valence electrons. The molecule has 5 nitrogen and oxygen atoms in total. The van der Waals surface area contributed by atoms with Gasteiger partial charge in [-0.2, -0.15) is 5.26 Å². The highest BCUT2D eigenvalue weighted by Gasteiger charge is 2.38. The summed E-state index contributed by atoms with van der Waals surface area (Å²) in [4.78, 5) is 12.6. The average Bonchev–Trinajstić information content (AvgIpc) is 2.73. The van der Waals surface area contributed by atoms with E-state index in [-0.39, 0.29) is 17.2 Å². The number of ketones is 1. The Morgan fingerprint density at radius 3 is 2.63 bits per heavy atom. The van der Waals surface area contributed by atoms with Crippen molar-refractivity contribution < 1.29 is 14.3 Å². The van der Waals surface area contributed by atoms with E-state index in [9.17, 15) is 10.1 Å². The van der Waals surface area contributed by atoms with Crippen molar-refractivity contribution in [2.45, 2.75) is 31.8 Å². The van der Waals surface area contributed by atoms with Gasteiger partial charge in [0.2, 0.25) is 5.88 Å². The van der Waals surface area contributed by atoms with Crippen LogP contribution in [0.1, 0.15) is 36.3 Å². The minimum atomic E-state index is -0.589. The molecule has 0 saturated heterocycles. The highest BCUT2D eigenvalue weighted by molar-refractivity contribution is 6.32. The minimum absolute atomic E-state index is 0.0271. The molecule has 0 bridgehead atoms. The third-order valence-electron chi connectivity index (χ3n) is 5.20.